The Morgan fingerprint density at radius 1 is 1.23 bits per heavy atom. The fourth-order valence-electron chi connectivity index (χ4n) is 2.69. The van der Waals surface area contributed by atoms with Crippen molar-refractivity contribution in [1.29, 1.82) is 0 Å². The molecule has 0 bridgehead atoms. The van der Waals surface area contributed by atoms with Crippen molar-refractivity contribution in [2.75, 3.05) is 7.11 Å². The van der Waals surface area contributed by atoms with Gasteiger partial charge in [-0.25, -0.2) is 0 Å². The second-order valence-corrected chi connectivity index (χ2v) is 6.34. The largest absolute Gasteiger partial charge is 0.469 e. The van der Waals surface area contributed by atoms with Gasteiger partial charge in [0, 0.05) is 18.0 Å². The first-order chi connectivity index (χ1) is 12.5. The number of ketones is 1. The molecule has 0 aliphatic rings. The Morgan fingerprint density at radius 2 is 2.00 bits per heavy atom. The second-order valence-electron chi connectivity index (χ2n) is 5.90. The van der Waals surface area contributed by atoms with Gasteiger partial charge < -0.3 is 10.5 Å². The lowest BCUT2D eigenvalue weighted by Crippen LogP contribution is -2.12. The third kappa shape index (κ3) is 3.83. The molecule has 3 aromatic rings. The fourth-order valence-corrected chi connectivity index (χ4v) is 2.80. The van der Waals surface area contributed by atoms with E-state index >= 15 is 0 Å². The molecule has 0 saturated heterocycles. The summed E-state index contributed by atoms with van der Waals surface area (Å²) in [4.78, 5) is 20.9. The van der Waals surface area contributed by atoms with Gasteiger partial charge >= 0.3 is 0 Å². The van der Waals surface area contributed by atoms with E-state index in [1.165, 1.54) is 13.3 Å². The number of Topliss-reactive ketones (excluding diaryl/α,β-unsaturated/α-hetero) is 1. The maximum absolute atomic E-state index is 12.5. The van der Waals surface area contributed by atoms with Crippen molar-refractivity contribution in [2.45, 2.75) is 13.3 Å². The molecule has 3 rings (SSSR count). The normalized spacial score (nSPS) is 11.6. The number of benzene rings is 2. The minimum Gasteiger partial charge on any atom is -0.469 e. The zero-order chi connectivity index (χ0) is 18.7. The molecule has 6 heteroatoms. The predicted molar refractivity (Wildman–Crippen MR) is 104 cm³/mol. The van der Waals surface area contributed by atoms with Crippen LogP contribution in [-0.4, -0.2) is 23.9 Å². The van der Waals surface area contributed by atoms with Gasteiger partial charge in [-0.3, -0.25) is 9.78 Å². The topological polar surface area (TPSA) is 77.6 Å². The summed E-state index contributed by atoms with van der Waals surface area (Å²) in [5.74, 6) is -0.0740. The van der Waals surface area contributed by atoms with E-state index in [1.54, 1.807) is 12.1 Å². The van der Waals surface area contributed by atoms with Gasteiger partial charge in [-0.15, -0.1) is 0 Å². The lowest BCUT2D eigenvalue weighted by atomic mass is 9.99. The Balaban J connectivity index is 1.99. The third-order valence-corrected chi connectivity index (χ3v) is 4.29. The monoisotopic (exact) mass is 367 g/mol. The lowest BCUT2D eigenvalue weighted by Gasteiger charge is -2.09. The van der Waals surface area contributed by atoms with Crippen molar-refractivity contribution in [1.82, 2.24) is 4.98 Å². The number of ether oxygens (including phenoxy) is 1. The Hall–Kier alpha value is -2.92. The molecule has 5 nitrogen and oxygen atoms in total. The van der Waals surface area contributed by atoms with Gasteiger partial charge in [0.15, 0.2) is 5.78 Å². The molecule has 0 aliphatic heterocycles. The van der Waals surface area contributed by atoms with Gasteiger partial charge in [-0.05, 0) is 41.6 Å². The third-order valence-electron chi connectivity index (χ3n) is 4.07. The molecule has 1 heterocycles. The van der Waals surface area contributed by atoms with Crippen LogP contribution in [0.1, 0.15) is 21.6 Å². The maximum atomic E-state index is 12.5. The summed E-state index contributed by atoms with van der Waals surface area (Å²) < 4.78 is 4.97. The summed E-state index contributed by atoms with van der Waals surface area (Å²) >= 11 is 5.82. The van der Waals surface area contributed by atoms with Crippen molar-refractivity contribution >= 4 is 39.9 Å². The number of amidine groups is 1. The van der Waals surface area contributed by atoms with Crippen LogP contribution in [0.2, 0.25) is 5.02 Å². The SMILES string of the molecule is COC(N)=Nc1c(C)ccc2ccc(CC(=O)c3ccc(Cl)cn3)cc12. The van der Waals surface area contributed by atoms with Crippen LogP contribution in [0.5, 0.6) is 0 Å². The number of rotatable bonds is 4. The molecule has 132 valence electrons. The number of methoxy groups -OCH3 is 1. The number of fused-ring (bicyclic) bond motifs is 1. The van der Waals surface area contributed by atoms with E-state index in [-0.39, 0.29) is 18.2 Å². The number of carbonyl (C=O) groups excluding carboxylic acids is 1. The highest BCUT2D eigenvalue weighted by atomic mass is 35.5. The molecule has 26 heavy (non-hydrogen) atoms. The van der Waals surface area contributed by atoms with Crippen LogP contribution in [-0.2, 0) is 11.2 Å². The molecular weight excluding hydrogens is 350 g/mol. The number of nitrogens with two attached hydrogens (primary N) is 1. The number of pyridine rings is 1. The molecule has 0 aliphatic carbocycles. The number of aryl methyl sites for hydroxylation is 1. The van der Waals surface area contributed by atoms with Gasteiger partial charge in [0.25, 0.3) is 6.02 Å². The van der Waals surface area contributed by atoms with Gasteiger partial charge in [0.1, 0.15) is 5.69 Å². The highest BCUT2D eigenvalue weighted by Crippen LogP contribution is 2.31. The van der Waals surface area contributed by atoms with Crippen LogP contribution < -0.4 is 5.73 Å². The lowest BCUT2D eigenvalue weighted by molar-refractivity contribution is 0.0988. The van der Waals surface area contributed by atoms with E-state index in [1.807, 2.05) is 37.3 Å². The van der Waals surface area contributed by atoms with Crippen molar-refractivity contribution in [3.8, 4) is 0 Å². The summed E-state index contributed by atoms with van der Waals surface area (Å²) in [6, 6.07) is 13.2. The average Bonchev–Trinajstić information content (AvgIpc) is 2.64. The van der Waals surface area contributed by atoms with Crippen LogP contribution in [0, 0.1) is 6.92 Å². The number of hydrogen-bond donors (Lipinski definition) is 1. The smallest absolute Gasteiger partial charge is 0.286 e. The number of carbonyl (C=O) groups is 1. The first-order valence-corrected chi connectivity index (χ1v) is 8.41. The van der Waals surface area contributed by atoms with Crippen molar-refractivity contribution in [2.24, 2.45) is 10.7 Å². The highest BCUT2D eigenvalue weighted by Gasteiger charge is 2.11. The van der Waals surface area contributed by atoms with Crippen molar-refractivity contribution in [3.05, 3.63) is 70.5 Å². The molecule has 2 aromatic carbocycles. The first kappa shape index (κ1) is 17.9. The fraction of sp³-hybridized carbons (Fsp3) is 0.150. The Bertz CT molecular complexity index is 998. The summed E-state index contributed by atoms with van der Waals surface area (Å²) in [6.07, 6.45) is 1.71. The summed E-state index contributed by atoms with van der Waals surface area (Å²) in [6.45, 7) is 1.96. The first-order valence-electron chi connectivity index (χ1n) is 8.03. The van der Waals surface area contributed by atoms with E-state index < -0.39 is 0 Å². The Kier molecular flexibility index (Phi) is 5.19. The molecule has 0 atom stereocenters. The van der Waals surface area contributed by atoms with Crippen LogP contribution in [0.15, 0.2) is 53.7 Å². The second kappa shape index (κ2) is 7.54. The van der Waals surface area contributed by atoms with Crippen molar-refractivity contribution in [3.63, 3.8) is 0 Å². The van der Waals surface area contributed by atoms with Crippen LogP contribution in [0.4, 0.5) is 5.69 Å². The van der Waals surface area contributed by atoms with E-state index in [2.05, 4.69) is 9.98 Å². The molecular formula is C20H18ClN3O2. The zero-order valence-electron chi connectivity index (χ0n) is 14.5. The standard InChI is InChI=1S/C20H18ClN3O2/c1-12-3-5-14-6-4-13(9-16(14)19(12)24-20(22)26-2)10-18(25)17-8-7-15(21)11-23-17/h3-9,11H,10H2,1-2H3,(H2,22,24). The maximum Gasteiger partial charge on any atom is 0.286 e. The van der Waals surface area contributed by atoms with Crippen LogP contribution >= 0.6 is 11.6 Å². The molecule has 0 spiro atoms. The number of aromatic nitrogens is 1. The Morgan fingerprint density at radius 3 is 2.69 bits per heavy atom. The number of halogens is 1. The van der Waals surface area contributed by atoms with Gasteiger partial charge in [0.05, 0.1) is 17.8 Å². The Labute approximate surface area is 156 Å². The molecule has 1 aromatic heterocycles. The summed E-state index contributed by atoms with van der Waals surface area (Å²) in [7, 11) is 1.47. The molecule has 0 fully saturated rings. The van der Waals surface area contributed by atoms with E-state index in [0.717, 1.165) is 27.6 Å². The van der Waals surface area contributed by atoms with E-state index in [4.69, 9.17) is 22.1 Å². The van der Waals surface area contributed by atoms with Gasteiger partial charge in [-0.1, -0.05) is 35.9 Å². The van der Waals surface area contributed by atoms with E-state index in [0.29, 0.717) is 10.7 Å². The van der Waals surface area contributed by atoms with Crippen molar-refractivity contribution < 1.29 is 9.53 Å². The number of hydrogen-bond acceptors (Lipinski definition) is 4. The molecule has 0 radical (unpaired) electrons. The van der Waals surface area contributed by atoms with Gasteiger partial charge in [-0.2, -0.15) is 4.99 Å². The predicted octanol–water partition coefficient (Wildman–Crippen LogP) is 4.21. The molecule has 0 unspecified atom stereocenters. The molecule has 2 N–H and O–H groups in total. The van der Waals surface area contributed by atoms with Crippen LogP contribution in [0.3, 0.4) is 0 Å². The number of aliphatic imine (C=N–C) groups is 1. The highest BCUT2D eigenvalue weighted by molar-refractivity contribution is 6.30. The van der Waals surface area contributed by atoms with E-state index in [9.17, 15) is 4.79 Å². The minimum absolute atomic E-state index is 0.0740. The number of nitrogens with zero attached hydrogens (tertiary/aromatic N) is 2. The quantitative estimate of drug-likeness (QED) is 0.425. The zero-order valence-corrected chi connectivity index (χ0v) is 15.2. The minimum atomic E-state index is -0.0740. The molecule has 0 saturated carbocycles. The molecule has 0 amide bonds. The van der Waals surface area contributed by atoms with Gasteiger partial charge in [0.2, 0.25) is 0 Å². The summed E-state index contributed by atoms with van der Waals surface area (Å²) in [5, 5.41) is 2.43. The van der Waals surface area contributed by atoms with Crippen LogP contribution in [0.25, 0.3) is 10.8 Å². The summed E-state index contributed by atoms with van der Waals surface area (Å²) in [5.41, 5.74) is 8.70. The average molecular weight is 368 g/mol.